The molecule has 1 aliphatic rings. The van der Waals surface area contributed by atoms with E-state index in [0.29, 0.717) is 11.7 Å². The van der Waals surface area contributed by atoms with Gasteiger partial charge in [-0.25, -0.2) is 15.3 Å². The highest BCUT2D eigenvalue weighted by molar-refractivity contribution is 5.98. The Bertz CT molecular complexity index is 506. The molecule has 2 heterocycles. The van der Waals surface area contributed by atoms with E-state index in [1.807, 2.05) is 24.3 Å². The minimum absolute atomic E-state index is 0.469. The molecular formula is C10H6N3O. The second kappa shape index (κ2) is 2.70. The number of oxazole rings is 1. The van der Waals surface area contributed by atoms with Crippen LogP contribution in [0.3, 0.4) is 0 Å². The number of rotatable bonds is 1. The fourth-order valence-corrected chi connectivity index (χ4v) is 1.32. The van der Waals surface area contributed by atoms with Crippen molar-refractivity contribution in [1.29, 1.82) is 0 Å². The van der Waals surface area contributed by atoms with Crippen LogP contribution in [-0.4, -0.2) is 10.8 Å². The molecule has 3 rings (SSSR count). The molecule has 0 fully saturated rings. The first-order chi connectivity index (χ1) is 6.93. The van der Waals surface area contributed by atoms with E-state index in [2.05, 4.69) is 15.3 Å². The molecular weight excluding hydrogens is 178 g/mol. The maximum Gasteiger partial charge on any atom is 0.266 e. The molecule has 0 spiro atoms. The first kappa shape index (κ1) is 7.32. The van der Waals surface area contributed by atoms with Crippen molar-refractivity contribution < 1.29 is 4.42 Å². The Morgan fingerprint density at radius 2 is 2.00 bits per heavy atom. The van der Waals surface area contributed by atoms with Gasteiger partial charge in [-0.05, 0) is 12.1 Å². The lowest BCUT2D eigenvalue weighted by Crippen LogP contribution is -2.07. The van der Waals surface area contributed by atoms with Crippen LogP contribution in [0.15, 0.2) is 46.1 Å². The van der Waals surface area contributed by atoms with Gasteiger partial charge in [0, 0.05) is 12.4 Å². The van der Waals surface area contributed by atoms with Crippen molar-refractivity contribution in [3.05, 3.63) is 42.6 Å². The molecule has 1 aromatic heterocycles. The predicted octanol–water partition coefficient (Wildman–Crippen LogP) is 1.66. The topological polar surface area (TPSA) is 52.5 Å². The molecule has 2 aromatic rings. The van der Waals surface area contributed by atoms with E-state index in [1.54, 1.807) is 12.4 Å². The lowest BCUT2D eigenvalue weighted by molar-refractivity contribution is 0.587. The summed E-state index contributed by atoms with van der Waals surface area (Å²) in [5.74, 6) is 0.998. The molecule has 1 aromatic carbocycles. The van der Waals surface area contributed by atoms with E-state index in [4.69, 9.17) is 4.42 Å². The van der Waals surface area contributed by atoms with Gasteiger partial charge in [-0.15, -0.1) is 0 Å². The highest BCUT2D eigenvalue weighted by Gasteiger charge is 2.13. The summed E-state index contributed by atoms with van der Waals surface area (Å²) in [6, 6.07) is 7.59. The summed E-state index contributed by atoms with van der Waals surface area (Å²) >= 11 is 0. The van der Waals surface area contributed by atoms with Gasteiger partial charge in [0.05, 0.1) is 0 Å². The van der Waals surface area contributed by atoms with E-state index in [9.17, 15) is 0 Å². The number of amidine groups is 1. The smallest absolute Gasteiger partial charge is 0.266 e. The Morgan fingerprint density at radius 3 is 2.79 bits per heavy atom. The Labute approximate surface area is 80.0 Å². The normalized spacial score (nSPS) is 14.4. The summed E-state index contributed by atoms with van der Waals surface area (Å²) in [6.07, 6.45) is 3.23. The van der Waals surface area contributed by atoms with Crippen LogP contribution in [0.4, 0.5) is 0 Å². The molecule has 0 saturated carbocycles. The molecule has 14 heavy (non-hydrogen) atoms. The number of aromatic nitrogens is 1. The zero-order chi connectivity index (χ0) is 9.38. The zero-order valence-electron chi connectivity index (χ0n) is 7.21. The molecule has 4 heteroatoms. The standard InChI is InChI=1S/C10H6N3O/c1-2-4-8-7(3-1)13-10(14-8)9-11-5-6-12-9/h1-6H. The van der Waals surface area contributed by atoms with Crippen LogP contribution in [0.5, 0.6) is 0 Å². The maximum absolute atomic E-state index is 5.48. The minimum Gasteiger partial charge on any atom is -0.434 e. The van der Waals surface area contributed by atoms with Crippen LogP contribution in [0.1, 0.15) is 5.89 Å². The molecule has 67 valence electrons. The summed E-state index contributed by atoms with van der Waals surface area (Å²) in [4.78, 5) is 8.28. The third-order valence-corrected chi connectivity index (χ3v) is 1.95. The summed E-state index contributed by atoms with van der Waals surface area (Å²) in [5, 5.41) is 4.01. The van der Waals surface area contributed by atoms with Crippen LogP contribution in [0.25, 0.3) is 11.1 Å². The second-order valence-electron chi connectivity index (χ2n) is 2.87. The van der Waals surface area contributed by atoms with Gasteiger partial charge in [-0.3, -0.25) is 0 Å². The molecule has 0 saturated heterocycles. The highest BCUT2D eigenvalue weighted by atomic mass is 16.3. The van der Waals surface area contributed by atoms with E-state index >= 15 is 0 Å². The molecule has 0 N–H and O–H groups in total. The fraction of sp³-hybridized carbons (Fsp3) is 0. The fourth-order valence-electron chi connectivity index (χ4n) is 1.32. The van der Waals surface area contributed by atoms with Crippen LogP contribution in [-0.2, 0) is 0 Å². The lowest BCUT2D eigenvalue weighted by atomic mass is 10.3. The Balaban J connectivity index is 2.15. The van der Waals surface area contributed by atoms with E-state index in [-0.39, 0.29) is 0 Å². The van der Waals surface area contributed by atoms with E-state index in [1.165, 1.54) is 0 Å². The second-order valence-corrected chi connectivity index (χ2v) is 2.87. The van der Waals surface area contributed by atoms with Crippen LogP contribution >= 0.6 is 0 Å². The predicted molar refractivity (Wildman–Crippen MR) is 51.8 cm³/mol. The molecule has 4 nitrogen and oxygen atoms in total. The quantitative estimate of drug-likeness (QED) is 0.676. The van der Waals surface area contributed by atoms with Gasteiger partial charge in [-0.2, -0.15) is 0 Å². The molecule has 0 aliphatic carbocycles. The van der Waals surface area contributed by atoms with Crippen LogP contribution in [0.2, 0.25) is 0 Å². The number of hydrogen-bond acceptors (Lipinski definition) is 3. The van der Waals surface area contributed by atoms with Gasteiger partial charge < -0.3 is 4.42 Å². The number of benzene rings is 1. The van der Waals surface area contributed by atoms with E-state index in [0.717, 1.165) is 11.1 Å². The number of aliphatic imine (C=N–C) groups is 1. The number of hydrogen-bond donors (Lipinski definition) is 0. The summed E-state index contributed by atoms with van der Waals surface area (Å²) in [5.41, 5.74) is 1.58. The third-order valence-electron chi connectivity index (χ3n) is 1.95. The lowest BCUT2D eigenvalue weighted by Gasteiger charge is -1.88. The average molecular weight is 184 g/mol. The van der Waals surface area contributed by atoms with Gasteiger partial charge >= 0.3 is 0 Å². The number of para-hydroxylation sites is 2. The van der Waals surface area contributed by atoms with Gasteiger partial charge in [-0.1, -0.05) is 12.1 Å². The van der Waals surface area contributed by atoms with E-state index < -0.39 is 0 Å². The van der Waals surface area contributed by atoms with Gasteiger partial charge in [0.1, 0.15) is 5.52 Å². The molecule has 1 aliphatic heterocycles. The average Bonchev–Trinajstić information content (AvgIpc) is 2.86. The number of nitrogens with zero attached hydrogens (tertiary/aromatic N) is 3. The van der Waals surface area contributed by atoms with Crippen molar-refractivity contribution in [1.82, 2.24) is 10.3 Å². The SMILES string of the molecule is C1=CN=C(c2nc3ccccc3o2)[N]1. The maximum atomic E-state index is 5.48. The minimum atomic E-state index is 0.469. The van der Waals surface area contributed by atoms with Crippen molar-refractivity contribution in [2.45, 2.75) is 0 Å². The Morgan fingerprint density at radius 1 is 1.07 bits per heavy atom. The Hall–Kier alpha value is -2.10. The molecule has 0 bridgehead atoms. The first-order valence-corrected chi connectivity index (χ1v) is 4.23. The molecule has 0 atom stereocenters. The molecule has 1 radical (unpaired) electrons. The third kappa shape index (κ3) is 1.01. The van der Waals surface area contributed by atoms with Gasteiger partial charge in [0.2, 0.25) is 5.84 Å². The first-order valence-electron chi connectivity index (χ1n) is 4.23. The summed E-state index contributed by atoms with van der Waals surface area (Å²) in [6.45, 7) is 0. The van der Waals surface area contributed by atoms with Crippen LogP contribution < -0.4 is 5.32 Å². The monoisotopic (exact) mass is 184 g/mol. The zero-order valence-corrected chi connectivity index (χ0v) is 7.21. The van der Waals surface area contributed by atoms with Crippen molar-refractivity contribution in [2.24, 2.45) is 4.99 Å². The summed E-state index contributed by atoms with van der Waals surface area (Å²) < 4.78 is 5.48. The van der Waals surface area contributed by atoms with Gasteiger partial charge in [0.25, 0.3) is 5.89 Å². The molecule has 0 unspecified atom stereocenters. The van der Waals surface area contributed by atoms with Gasteiger partial charge in [0.15, 0.2) is 5.58 Å². The number of fused-ring (bicyclic) bond motifs is 1. The van der Waals surface area contributed by atoms with Crippen molar-refractivity contribution in [3.8, 4) is 0 Å². The largest absolute Gasteiger partial charge is 0.434 e. The highest BCUT2D eigenvalue weighted by Crippen LogP contribution is 2.15. The Kier molecular flexibility index (Phi) is 1.41. The van der Waals surface area contributed by atoms with Crippen molar-refractivity contribution in [3.63, 3.8) is 0 Å². The van der Waals surface area contributed by atoms with Crippen LogP contribution in [0, 0.1) is 0 Å². The molecule has 0 amide bonds. The van der Waals surface area contributed by atoms with Crippen molar-refractivity contribution >= 4 is 16.9 Å². The summed E-state index contributed by atoms with van der Waals surface area (Å²) in [7, 11) is 0. The van der Waals surface area contributed by atoms with Crippen molar-refractivity contribution in [2.75, 3.05) is 0 Å².